The molecule has 0 aliphatic rings. The summed E-state index contributed by atoms with van der Waals surface area (Å²) in [7, 11) is 0. The Bertz CT molecular complexity index is 794. The summed E-state index contributed by atoms with van der Waals surface area (Å²) >= 11 is 2.62. The molecule has 7 nitrogen and oxygen atoms in total. The number of carbonyl (C=O) groups excluding carboxylic acids is 1. The predicted molar refractivity (Wildman–Crippen MR) is 102 cm³/mol. The number of nitrogens with one attached hydrogen (secondary N) is 1. The number of hydrogen-bond acceptors (Lipinski definition) is 7. The van der Waals surface area contributed by atoms with Gasteiger partial charge in [0.05, 0.1) is 22.5 Å². The molecule has 2 N–H and O–H groups in total. The number of hydrogen-bond donors (Lipinski definition) is 2. The first-order chi connectivity index (χ1) is 12.3. The van der Waals surface area contributed by atoms with Gasteiger partial charge in [0.25, 0.3) is 11.6 Å². The fraction of sp³-hybridized carbons (Fsp3) is 0.412. The number of aliphatic hydroxyl groups excluding tert-OH is 1. The molecule has 1 heterocycles. The van der Waals surface area contributed by atoms with Gasteiger partial charge in [-0.3, -0.25) is 14.9 Å². The van der Waals surface area contributed by atoms with Crippen LogP contribution in [0.2, 0.25) is 0 Å². The Hall–Kier alpha value is -1.97. The number of nitrogens with zero attached hydrogens (tertiary/aromatic N) is 2. The van der Waals surface area contributed by atoms with Crippen molar-refractivity contribution in [1.29, 1.82) is 0 Å². The van der Waals surface area contributed by atoms with Crippen LogP contribution in [0.4, 0.5) is 5.69 Å². The predicted octanol–water partition coefficient (Wildman–Crippen LogP) is 3.65. The Balaban J connectivity index is 2.24. The number of benzene rings is 1. The number of thiazole rings is 1. The van der Waals surface area contributed by atoms with E-state index in [9.17, 15) is 20.0 Å². The van der Waals surface area contributed by atoms with Gasteiger partial charge in [0.2, 0.25) is 0 Å². The Morgan fingerprint density at radius 2 is 2.23 bits per heavy atom. The summed E-state index contributed by atoms with van der Waals surface area (Å²) in [6.45, 7) is 5.58. The molecule has 2 rings (SSSR count). The minimum atomic E-state index is -0.502. The van der Waals surface area contributed by atoms with Gasteiger partial charge in [0, 0.05) is 22.7 Å². The Kier molecular flexibility index (Phi) is 7.13. The van der Waals surface area contributed by atoms with Gasteiger partial charge in [-0.1, -0.05) is 32.0 Å². The fourth-order valence-corrected chi connectivity index (χ4v) is 4.14. The maximum Gasteiger partial charge on any atom is 0.284 e. The maximum absolute atomic E-state index is 12.4. The van der Waals surface area contributed by atoms with Crippen molar-refractivity contribution in [3.05, 3.63) is 45.0 Å². The molecule has 2 atom stereocenters. The molecule has 0 radical (unpaired) electrons. The lowest BCUT2D eigenvalue weighted by atomic mass is 9.99. The topological polar surface area (TPSA) is 105 Å². The van der Waals surface area contributed by atoms with Crippen molar-refractivity contribution < 1.29 is 14.8 Å². The number of aliphatic hydroxyl groups is 1. The third kappa shape index (κ3) is 5.03. The highest BCUT2D eigenvalue weighted by Gasteiger charge is 2.22. The van der Waals surface area contributed by atoms with Crippen LogP contribution in [-0.2, 0) is 0 Å². The Labute approximate surface area is 160 Å². The molecule has 1 amide bonds. The van der Waals surface area contributed by atoms with E-state index in [4.69, 9.17) is 0 Å². The number of carbonyl (C=O) groups is 1. The Morgan fingerprint density at radius 3 is 2.77 bits per heavy atom. The zero-order valence-electron chi connectivity index (χ0n) is 14.8. The monoisotopic (exact) mass is 395 g/mol. The zero-order chi connectivity index (χ0) is 19.3. The van der Waals surface area contributed by atoms with Gasteiger partial charge < -0.3 is 10.4 Å². The smallest absolute Gasteiger partial charge is 0.284 e. The van der Waals surface area contributed by atoms with Crippen LogP contribution in [0.15, 0.2) is 32.8 Å². The van der Waals surface area contributed by atoms with Crippen molar-refractivity contribution in [2.75, 3.05) is 6.61 Å². The third-order valence-electron chi connectivity index (χ3n) is 4.06. The molecule has 26 heavy (non-hydrogen) atoms. The van der Waals surface area contributed by atoms with E-state index in [0.717, 1.165) is 12.1 Å². The molecule has 0 bridgehead atoms. The van der Waals surface area contributed by atoms with Gasteiger partial charge in [0.15, 0.2) is 4.34 Å². The van der Waals surface area contributed by atoms with Crippen LogP contribution in [0.25, 0.3) is 0 Å². The lowest BCUT2D eigenvalue weighted by Gasteiger charge is -2.22. The van der Waals surface area contributed by atoms with Crippen LogP contribution in [0.5, 0.6) is 0 Å². The van der Waals surface area contributed by atoms with E-state index in [2.05, 4.69) is 10.3 Å². The summed E-state index contributed by atoms with van der Waals surface area (Å²) in [4.78, 5) is 28.1. The molecular weight excluding hydrogens is 374 g/mol. The average Bonchev–Trinajstić information content (AvgIpc) is 3.03. The van der Waals surface area contributed by atoms with Crippen LogP contribution >= 0.6 is 23.1 Å². The highest BCUT2D eigenvalue weighted by atomic mass is 32.2. The first-order valence-electron chi connectivity index (χ1n) is 8.15. The lowest BCUT2D eigenvalue weighted by Crippen LogP contribution is -2.41. The average molecular weight is 396 g/mol. The van der Waals surface area contributed by atoms with Crippen molar-refractivity contribution in [3.63, 3.8) is 0 Å². The van der Waals surface area contributed by atoms with Crippen molar-refractivity contribution in [3.8, 4) is 0 Å². The van der Waals surface area contributed by atoms with E-state index in [1.165, 1.54) is 29.2 Å². The number of aryl methyl sites for hydroxylation is 1. The van der Waals surface area contributed by atoms with Crippen molar-refractivity contribution in [2.24, 2.45) is 5.92 Å². The number of aromatic nitrogens is 1. The quantitative estimate of drug-likeness (QED) is 0.522. The second-order valence-electron chi connectivity index (χ2n) is 5.94. The summed E-state index contributed by atoms with van der Waals surface area (Å²) < 4.78 is 0.708. The Morgan fingerprint density at radius 1 is 1.50 bits per heavy atom. The van der Waals surface area contributed by atoms with Gasteiger partial charge in [-0.2, -0.15) is 0 Å². The molecule has 0 spiro atoms. The summed E-state index contributed by atoms with van der Waals surface area (Å²) in [5.41, 5.74) is 0.911. The molecule has 0 aliphatic heterocycles. The van der Waals surface area contributed by atoms with E-state index in [1.807, 2.05) is 26.2 Å². The number of nitro groups is 1. The van der Waals surface area contributed by atoms with Gasteiger partial charge in [-0.25, -0.2) is 4.98 Å². The van der Waals surface area contributed by atoms with E-state index < -0.39 is 10.8 Å². The number of rotatable bonds is 8. The fourth-order valence-electron chi connectivity index (χ4n) is 2.27. The van der Waals surface area contributed by atoms with Crippen LogP contribution < -0.4 is 5.32 Å². The van der Waals surface area contributed by atoms with Crippen LogP contribution in [0.1, 0.15) is 36.3 Å². The SMILES string of the molecule is CC[C@@H](C)[C@H](CO)NC(=O)c1ccc(Sc2nc(C)cs2)c([N+](=O)[O-])c1. The van der Waals surface area contributed by atoms with E-state index in [1.54, 1.807) is 12.1 Å². The van der Waals surface area contributed by atoms with Gasteiger partial charge in [-0.05, 0) is 25.0 Å². The number of nitro benzene ring substituents is 1. The van der Waals surface area contributed by atoms with Crippen LogP contribution in [0.3, 0.4) is 0 Å². The first kappa shape index (κ1) is 20.3. The van der Waals surface area contributed by atoms with Gasteiger partial charge in [-0.15, -0.1) is 11.3 Å². The molecule has 140 valence electrons. The normalized spacial score (nSPS) is 13.2. The molecule has 1 aromatic heterocycles. The summed E-state index contributed by atoms with van der Waals surface area (Å²) in [5, 5.41) is 25.5. The highest BCUT2D eigenvalue weighted by molar-refractivity contribution is 8.01. The second kappa shape index (κ2) is 9.11. The van der Waals surface area contributed by atoms with Crippen molar-refractivity contribution >= 4 is 34.7 Å². The molecule has 0 saturated heterocycles. The third-order valence-corrected chi connectivity index (χ3v) is 6.18. The van der Waals surface area contributed by atoms with Crippen molar-refractivity contribution in [1.82, 2.24) is 10.3 Å². The molecule has 0 unspecified atom stereocenters. The molecule has 0 aliphatic carbocycles. The maximum atomic E-state index is 12.4. The van der Waals surface area contributed by atoms with Gasteiger partial charge >= 0.3 is 0 Å². The number of amides is 1. The lowest BCUT2D eigenvalue weighted by molar-refractivity contribution is -0.387. The molecule has 9 heteroatoms. The van der Waals surface area contributed by atoms with Crippen LogP contribution in [0, 0.1) is 23.0 Å². The summed E-state index contributed by atoms with van der Waals surface area (Å²) in [5.74, 6) is -0.337. The highest BCUT2D eigenvalue weighted by Crippen LogP contribution is 2.36. The zero-order valence-corrected chi connectivity index (χ0v) is 16.4. The second-order valence-corrected chi connectivity index (χ2v) is 8.09. The first-order valence-corrected chi connectivity index (χ1v) is 9.85. The summed E-state index contributed by atoms with van der Waals surface area (Å²) in [6, 6.07) is 3.99. The largest absolute Gasteiger partial charge is 0.394 e. The van der Waals surface area contributed by atoms with E-state index in [0.29, 0.717) is 9.24 Å². The molecular formula is C17H21N3O4S2. The van der Waals surface area contributed by atoms with Gasteiger partial charge in [0.1, 0.15) is 0 Å². The molecule has 2 aromatic rings. The standard InChI is InChI=1S/C17H21N3O4S2/c1-4-10(2)13(8-21)19-16(22)12-5-6-15(14(7-12)20(23)24)26-17-18-11(3)9-25-17/h5-7,9-10,13,21H,4,8H2,1-3H3,(H,19,22)/t10-,13+/m1/s1. The molecule has 1 aromatic carbocycles. The van der Waals surface area contributed by atoms with Crippen LogP contribution in [-0.4, -0.2) is 33.6 Å². The molecule has 0 saturated carbocycles. The molecule has 0 fully saturated rings. The minimum Gasteiger partial charge on any atom is -0.394 e. The van der Waals surface area contributed by atoms with Crippen molar-refractivity contribution in [2.45, 2.75) is 42.5 Å². The van der Waals surface area contributed by atoms with E-state index >= 15 is 0 Å². The summed E-state index contributed by atoms with van der Waals surface area (Å²) in [6.07, 6.45) is 0.800. The minimum absolute atomic E-state index is 0.0990. The van der Waals surface area contributed by atoms with E-state index in [-0.39, 0.29) is 29.8 Å².